The molecule has 0 spiro atoms. The molecule has 0 unspecified atom stereocenters. The maximum absolute atomic E-state index is 12.6. The number of hydrogen-bond donors (Lipinski definition) is 1. The Kier molecular flexibility index (Phi) is 3.83. The van der Waals surface area contributed by atoms with Gasteiger partial charge in [0.25, 0.3) is 0 Å². The number of aromatic nitrogens is 1. The molecule has 4 heteroatoms. The summed E-state index contributed by atoms with van der Waals surface area (Å²) in [6.45, 7) is 1.31. The van der Waals surface area contributed by atoms with Crippen LogP contribution < -0.4 is 0 Å². The van der Waals surface area contributed by atoms with Gasteiger partial charge in [-0.25, -0.2) is 0 Å². The zero-order valence-electron chi connectivity index (χ0n) is 13.7. The Morgan fingerprint density at radius 1 is 1.16 bits per heavy atom. The van der Waals surface area contributed by atoms with Crippen molar-refractivity contribution in [2.24, 2.45) is 0 Å². The number of rotatable bonds is 2. The van der Waals surface area contributed by atoms with E-state index in [1.165, 1.54) is 16.6 Å². The van der Waals surface area contributed by atoms with Crippen LogP contribution >= 0.6 is 0 Å². The van der Waals surface area contributed by atoms with E-state index >= 15 is 0 Å². The predicted octanol–water partition coefficient (Wildman–Crippen LogP) is 3.64. The van der Waals surface area contributed by atoms with Gasteiger partial charge in [0.15, 0.2) is 0 Å². The van der Waals surface area contributed by atoms with E-state index in [9.17, 15) is 4.79 Å². The molecule has 122 valence electrons. The van der Waals surface area contributed by atoms with Gasteiger partial charge in [0.05, 0.1) is 11.6 Å². The Morgan fingerprint density at radius 2 is 1.96 bits per heavy atom. The smallest absolute Gasteiger partial charge is 0.246 e. The minimum atomic E-state index is -0.0244. The van der Waals surface area contributed by atoms with E-state index in [0.29, 0.717) is 18.7 Å². The first-order chi connectivity index (χ1) is 12.3. The third-order valence-corrected chi connectivity index (χ3v) is 4.68. The largest absolute Gasteiger partial charge is 0.358 e. The van der Waals surface area contributed by atoms with Crippen molar-refractivity contribution in [1.82, 2.24) is 9.88 Å². The Hall–Kier alpha value is -3.32. The second kappa shape index (κ2) is 6.29. The summed E-state index contributed by atoms with van der Waals surface area (Å²) in [5.41, 5.74) is 4.90. The average Bonchev–Trinajstić information content (AvgIpc) is 3.04. The van der Waals surface area contributed by atoms with Crippen molar-refractivity contribution in [2.75, 3.05) is 6.54 Å². The molecule has 2 heterocycles. The van der Waals surface area contributed by atoms with Crippen LogP contribution in [0.5, 0.6) is 0 Å². The number of carbonyl (C=O) groups excluding carboxylic acids is 1. The summed E-state index contributed by atoms with van der Waals surface area (Å²) in [4.78, 5) is 17.9. The molecule has 0 bridgehead atoms. The number of nitrogens with one attached hydrogen (secondary N) is 1. The van der Waals surface area contributed by atoms with Crippen molar-refractivity contribution in [1.29, 1.82) is 5.26 Å². The zero-order chi connectivity index (χ0) is 17.2. The highest BCUT2D eigenvalue weighted by molar-refractivity contribution is 5.93. The van der Waals surface area contributed by atoms with Crippen molar-refractivity contribution < 1.29 is 4.79 Å². The highest BCUT2D eigenvalue weighted by Crippen LogP contribution is 2.27. The highest BCUT2D eigenvalue weighted by atomic mass is 16.2. The molecule has 4 nitrogen and oxygen atoms in total. The van der Waals surface area contributed by atoms with Gasteiger partial charge in [0.1, 0.15) is 0 Å². The number of H-pyrrole nitrogens is 1. The lowest BCUT2D eigenvalue weighted by atomic mass is 10.0. The Morgan fingerprint density at radius 3 is 2.84 bits per heavy atom. The number of para-hydroxylation sites is 1. The molecule has 1 aliphatic heterocycles. The maximum atomic E-state index is 12.6. The fourth-order valence-electron chi connectivity index (χ4n) is 3.37. The van der Waals surface area contributed by atoms with Crippen LogP contribution in [0.1, 0.15) is 22.4 Å². The molecular weight excluding hydrogens is 310 g/mol. The monoisotopic (exact) mass is 327 g/mol. The molecule has 25 heavy (non-hydrogen) atoms. The molecule has 0 fully saturated rings. The number of carbonyl (C=O) groups is 1. The molecule has 1 aliphatic rings. The third-order valence-electron chi connectivity index (χ3n) is 4.68. The molecule has 4 rings (SSSR count). The van der Waals surface area contributed by atoms with E-state index in [0.717, 1.165) is 17.5 Å². The Labute approximate surface area is 146 Å². The lowest BCUT2D eigenvalue weighted by Crippen LogP contribution is -2.34. The van der Waals surface area contributed by atoms with Crippen molar-refractivity contribution in [3.63, 3.8) is 0 Å². The van der Waals surface area contributed by atoms with Gasteiger partial charge in [-0.05, 0) is 23.8 Å². The molecule has 0 atom stereocenters. The van der Waals surface area contributed by atoms with E-state index in [-0.39, 0.29) is 5.91 Å². The minimum absolute atomic E-state index is 0.0244. The van der Waals surface area contributed by atoms with Gasteiger partial charge in [-0.15, -0.1) is 0 Å². The molecule has 0 aliphatic carbocycles. The summed E-state index contributed by atoms with van der Waals surface area (Å²) in [7, 11) is 0. The van der Waals surface area contributed by atoms with E-state index < -0.39 is 0 Å². The fraction of sp³-hybridized carbons (Fsp3) is 0.143. The maximum Gasteiger partial charge on any atom is 0.246 e. The average molecular weight is 327 g/mol. The summed E-state index contributed by atoms with van der Waals surface area (Å²) >= 11 is 0. The third kappa shape index (κ3) is 2.81. The molecule has 3 aromatic rings. The van der Waals surface area contributed by atoms with Crippen LogP contribution in [-0.2, 0) is 17.8 Å². The van der Waals surface area contributed by atoms with Crippen molar-refractivity contribution >= 4 is 22.9 Å². The molecule has 2 aromatic carbocycles. The number of aromatic amines is 1. The van der Waals surface area contributed by atoms with Crippen LogP contribution in [0.25, 0.3) is 17.0 Å². The van der Waals surface area contributed by atoms with Crippen LogP contribution in [0.2, 0.25) is 0 Å². The molecular formula is C21H17N3O. The lowest BCUT2D eigenvalue weighted by Gasteiger charge is -2.26. The van der Waals surface area contributed by atoms with Gasteiger partial charge in [-0.2, -0.15) is 5.26 Å². The van der Waals surface area contributed by atoms with Gasteiger partial charge >= 0.3 is 0 Å². The number of benzene rings is 2. The number of hydrogen-bond acceptors (Lipinski definition) is 2. The van der Waals surface area contributed by atoms with Crippen LogP contribution in [0.15, 0.2) is 54.6 Å². The zero-order valence-corrected chi connectivity index (χ0v) is 13.7. The molecule has 1 amide bonds. The van der Waals surface area contributed by atoms with Crippen molar-refractivity contribution in [3.05, 3.63) is 77.0 Å². The Bertz CT molecular complexity index is 1020. The lowest BCUT2D eigenvalue weighted by molar-refractivity contribution is -0.126. The second-order valence-electron chi connectivity index (χ2n) is 6.17. The first kappa shape index (κ1) is 15.2. The van der Waals surface area contributed by atoms with Gasteiger partial charge in [-0.1, -0.05) is 36.4 Å². The number of nitriles is 1. The molecule has 0 saturated heterocycles. The summed E-state index contributed by atoms with van der Waals surface area (Å²) in [6.07, 6.45) is 4.13. The van der Waals surface area contributed by atoms with Crippen LogP contribution in [0.3, 0.4) is 0 Å². The van der Waals surface area contributed by atoms with Crippen LogP contribution in [0, 0.1) is 11.3 Å². The molecule has 0 saturated carbocycles. The van der Waals surface area contributed by atoms with E-state index in [1.54, 1.807) is 18.2 Å². The van der Waals surface area contributed by atoms with E-state index in [2.05, 4.69) is 23.2 Å². The van der Waals surface area contributed by atoms with Gasteiger partial charge in [0, 0.05) is 47.7 Å². The number of fused-ring (bicyclic) bond motifs is 3. The predicted molar refractivity (Wildman–Crippen MR) is 97.6 cm³/mol. The van der Waals surface area contributed by atoms with Crippen LogP contribution in [0.4, 0.5) is 0 Å². The van der Waals surface area contributed by atoms with Gasteiger partial charge < -0.3 is 9.88 Å². The second-order valence-corrected chi connectivity index (χ2v) is 6.17. The fourth-order valence-corrected chi connectivity index (χ4v) is 3.37. The molecule has 1 N–H and O–H groups in total. The topological polar surface area (TPSA) is 59.9 Å². The van der Waals surface area contributed by atoms with Crippen LogP contribution in [-0.4, -0.2) is 22.3 Å². The summed E-state index contributed by atoms with van der Waals surface area (Å²) < 4.78 is 0. The van der Waals surface area contributed by atoms with E-state index in [1.807, 2.05) is 35.2 Å². The van der Waals surface area contributed by atoms with Gasteiger partial charge in [0.2, 0.25) is 5.91 Å². The summed E-state index contributed by atoms with van der Waals surface area (Å²) in [6, 6.07) is 17.6. The minimum Gasteiger partial charge on any atom is -0.358 e. The van der Waals surface area contributed by atoms with Gasteiger partial charge in [-0.3, -0.25) is 4.79 Å². The van der Waals surface area contributed by atoms with Crippen molar-refractivity contribution in [2.45, 2.75) is 13.0 Å². The quantitative estimate of drug-likeness (QED) is 0.731. The summed E-state index contributed by atoms with van der Waals surface area (Å²) in [5, 5.41) is 10.3. The number of nitrogens with zero attached hydrogens (tertiary/aromatic N) is 2. The Balaban J connectivity index is 1.56. The summed E-state index contributed by atoms with van der Waals surface area (Å²) in [5.74, 6) is -0.0244. The molecule has 0 radical (unpaired) electrons. The first-order valence-electron chi connectivity index (χ1n) is 8.31. The first-order valence-corrected chi connectivity index (χ1v) is 8.31. The SMILES string of the molecule is N#Cc1ccccc1/C=C/C(=O)N1CCc2[nH]c3ccccc3c2C1. The van der Waals surface area contributed by atoms with E-state index in [4.69, 9.17) is 5.26 Å². The standard InChI is InChI=1S/C21H17N3O/c22-13-16-6-2-1-5-15(16)9-10-21(25)24-12-11-20-18(14-24)17-7-3-4-8-19(17)23-20/h1-10,23H,11-12,14H2/b10-9+. The number of amides is 1. The molecule has 1 aromatic heterocycles. The highest BCUT2D eigenvalue weighted by Gasteiger charge is 2.22. The van der Waals surface area contributed by atoms with Crippen molar-refractivity contribution in [3.8, 4) is 6.07 Å². The normalized spacial score (nSPS) is 13.8.